The van der Waals surface area contributed by atoms with Gasteiger partial charge in [0, 0.05) is 32.1 Å². The number of nitrogens with one attached hydrogen (secondary N) is 2. The van der Waals surface area contributed by atoms with Gasteiger partial charge in [-0.15, -0.1) is 11.8 Å². The van der Waals surface area contributed by atoms with Crippen LogP contribution in [0.25, 0.3) is 0 Å². The molecule has 1 aromatic heterocycles. The van der Waals surface area contributed by atoms with Crippen molar-refractivity contribution < 1.29 is 0 Å². The van der Waals surface area contributed by atoms with Crippen molar-refractivity contribution in [3.8, 4) is 0 Å². The Labute approximate surface area is 180 Å². The van der Waals surface area contributed by atoms with Crippen LogP contribution in [0.5, 0.6) is 0 Å². The summed E-state index contributed by atoms with van der Waals surface area (Å²) in [6.07, 6.45) is 1.48. The number of nitrogens with zero attached hydrogens (tertiary/aromatic N) is 2. The van der Waals surface area contributed by atoms with E-state index in [9.17, 15) is 0 Å². The molecule has 0 spiro atoms. The number of hydrogen-bond donors (Lipinski definition) is 2. The van der Waals surface area contributed by atoms with Gasteiger partial charge < -0.3 is 10.6 Å². The predicted molar refractivity (Wildman–Crippen MR) is 120 cm³/mol. The van der Waals surface area contributed by atoms with Crippen LogP contribution in [0, 0.1) is 3.57 Å². The van der Waals surface area contributed by atoms with E-state index >= 15 is 0 Å². The smallest absolute Gasteiger partial charge is 0.224 e. The summed E-state index contributed by atoms with van der Waals surface area (Å²) in [6, 6.07) is 16.4. The number of aromatic nitrogens is 2. The Kier molecular flexibility index (Phi) is 7.24. The van der Waals surface area contributed by atoms with E-state index in [1.165, 1.54) is 9.77 Å². The average Bonchev–Trinajstić information content (AvgIpc) is 2.62. The summed E-state index contributed by atoms with van der Waals surface area (Å²) in [5, 5.41) is 7.19. The highest BCUT2D eigenvalue weighted by molar-refractivity contribution is 14.1. The lowest BCUT2D eigenvalue weighted by Gasteiger charge is -2.10. The van der Waals surface area contributed by atoms with Crippen molar-refractivity contribution >= 4 is 74.7 Å². The molecule has 1 heterocycles. The minimum atomic E-state index is 0.157. The Bertz CT molecular complexity index is 895. The molecular formula is C18H15Cl2IN4S. The molecule has 0 aliphatic heterocycles. The van der Waals surface area contributed by atoms with Gasteiger partial charge in [0.15, 0.2) is 5.82 Å². The molecule has 0 unspecified atom stereocenters. The summed E-state index contributed by atoms with van der Waals surface area (Å²) < 4.78 is 1.22. The molecule has 4 nitrogen and oxygen atoms in total. The third kappa shape index (κ3) is 5.90. The molecule has 2 N–H and O–H groups in total. The van der Waals surface area contributed by atoms with Crippen molar-refractivity contribution in [2.24, 2.45) is 0 Å². The Balaban J connectivity index is 1.55. The molecule has 0 radical (unpaired) electrons. The fourth-order valence-electron chi connectivity index (χ4n) is 2.20. The molecule has 0 aliphatic carbocycles. The Hall–Kier alpha value is -1.22. The molecule has 0 aliphatic rings. The van der Waals surface area contributed by atoms with Gasteiger partial charge >= 0.3 is 0 Å². The topological polar surface area (TPSA) is 49.8 Å². The van der Waals surface area contributed by atoms with Crippen LogP contribution >= 0.6 is 57.6 Å². The molecule has 2 aromatic carbocycles. The molecule has 3 aromatic rings. The van der Waals surface area contributed by atoms with Gasteiger partial charge in [-0.1, -0.05) is 23.7 Å². The van der Waals surface area contributed by atoms with Crippen LogP contribution in [0.15, 0.2) is 59.6 Å². The summed E-state index contributed by atoms with van der Waals surface area (Å²) in [7, 11) is 0. The lowest BCUT2D eigenvalue weighted by Crippen LogP contribution is -2.04. The molecule has 8 heteroatoms. The van der Waals surface area contributed by atoms with Gasteiger partial charge in [-0.25, -0.2) is 4.98 Å². The van der Waals surface area contributed by atoms with E-state index < -0.39 is 0 Å². The number of halogens is 3. The van der Waals surface area contributed by atoms with Gasteiger partial charge in [0.25, 0.3) is 0 Å². The highest BCUT2D eigenvalue weighted by Crippen LogP contribution is 2.27. The van der Waals surface area contributed by atoms with E-state index in [2.05, 4.69) is 79.6 Å². The van der Waals surface area contributed by atoms with E-state index in [0.29, 0.717) is 10.8 Å². The lowest BCUT2D eigenvalue weighted by molar-refractivity contribution is 1.17. The van der Waals surface area contributed by atoms with Crippen LogP contribution < -0.4 is 10.6 Å². The number of rotatable bonds is 7. The van der Waals surface area contributed by atoms with Gasteiger partial charge in [-0.05, 0) is 70.6 Å². The quantitative estimate of drug-likeness (QED) is 0.166. The van der Waals surface area contributed by atoms with Crippen molar-refractivity contribution in [1.29, 1.82) is 0 Å². The Morgan fingerprint density at radius 1 is 1.04 bits per heavy atom. The summed E-state index contributed by atoms with van der Waals surface area (Å²) in [5.41, 5.74) is 2.04. The van der Waals surface area contributed by atoms with Crippen molar-refractivity contribution in [2.75, 3.05) is 22.9 Å². The second kappa shape index (κ2) is 9.64. The summed E-state index contributed by atoms with van der Waals surface area (Å²) in [5.74, 6) is 1.45. The standard InChI is InChI=1S/C18H15Cl2IN4S/c19-16-11-23-18(20)25-17(16)24-14-5-2-6-15(10-14)26-8-7-22-13-4-1-3-12(21)9-13/h1-6,9-11,22H,7-8H2,(H,23,24,25). The Morgan fingerprint density at radius 3 is 2.69 bits per heavy atom. The number of thioether (sulfide) groups is 1. The van der Waals surface area contributed by atoms with Crippen molar-refractivity contribution in [2.45, 2.75) is 4.90 Å². The largest absolute Gasteiger partial charge is 0.384 e. The number of hydrogen-bond acceptors (Lipinski definition) is 5. The molecule has 0 saturated carbocycles. The minimum Gasteiger partial charge on any atom is -0.384 e. The first kappa shape index (κ1) is 19.5. The van der Waals surface area contributed by atoms with E-state index in [-0.39, 0.29) is 5.28 Å². The predicted octanol–water partition coefficient (Wildman–Crippen LogP) is 6.34. The molecular weight excluding hydrogens is 502 g/mol. The first-order valence-electron chi connectivity index (χ1n) is 7.77. The van der Waals surface area contributed by atoms with Gasteiger partial charge in [0.2, 0.25) is 5.28 Å². The van der Waals surface area contributed by atoms with Gasteiger partial charge in [0.1, 0.15) is 5.02 Å². The SMILES string of the molecule is Clc1ncc(Cl)c(Nc2cccc(SCCNc3cccc(I)c3)c2)n1. The molecule has 0 amide bonds. The third-order valence-electron chi connectivity index (χ3n) is 3.34. The second-order valence-corrected chi connectivity index (χ2v) is 8.43. The maximum absolute atomic E-state index is 6.10. The molecule has 3 rings (SSSR count). The lowest BCUT2D eigenvalue weighted by atomic mass is 10.3. The summed E-state index contributed by atoms with van der Waals surface area (Å²) >= 11 is 16.0. The van der Waals surface area contributed by atoms with Gasteiger partial charge in [-0.3, -0.25) is 0 Å². The summed E-state index contributed by atoms with van der Waals surface area (Å²) in [4.78, 5) is 9.12. The maximum atomic E-state index is 6.10. The van der Waals surface area contributed by atoms with E-state index in [1.54, 1.807) is 11.8 Å². The van der Waals surface area contributed by atoms with Crippen molar-refractivity contribution in [1.82, 2.24) is 9.97 Å². The van der Waals surface area contributed by atoms with E-state index in [4.69, 9.17) is 23.2 Å². The zero-order chi connectivity index (χ0) is 18.4. The molecule has 0 atom stereocenters. The van der Waals surface area contributed by atoms with Gasteiger partial charge in [-0.2, -0.15) is 4.98 Å². The normalized spacial score (nSPS) is 10.6. The fourth-order valence-corrected chi connectivity index (χ4v) is 3.84. The van der Waals surface area contributed by atoms with Crippen LogP contribution in [0.3, 0.4) is 0 Å². The van der Waals surface area contributed by atoms with E-state index in [0.717, 1.165) is 28.6 Å². The second-order valence-electron chi connectivity index (χ2n) is 5.27. The highest BCUT2D eigenvalue weighted by atomic mass is 127. The maximum Gasteiger partial charge on any atom is 0.224 e. The zero-order valence-corrected chi connectivity index (χ0v) is 18.0. The van der Waals surface area contributed by atoms with Crippen LogP contribution in [-0.2, 0) is 0 Å². The monoisotopic (exact) mass is 516 g/mol. The molecule has 0 fully saturated rings. The average molecular weight is 517 g/mol. The number of benzene rings is 2. The fraction of sp³-hybridized carbons (Fsp3) is 0.111. The van der Waals surface area contributed by atoms with Gasteiger partial charge in [0.05, 0.1) is 6.20 Å². The van der Waals surface area contributed by atoms with Crippen LogP contribution in [0.1, 0.15) is 0 Å². The first-order valence-corrected chi connectivity index (χ1v) is 10.6. The minimum absolute atomic E-state index is 0.157. The third-order valence-corrected chi connectivity index (χ3v) is 5.46. The van der Waals surface area contributed by atoms with Crippen molar-refractivity contribution in [3.05, 3.63) is 68.6 Å². The summed E-state index contributed by atoms with van der Waals surface area (Å²) in [6.45, 7) is 0.885. The molecule has 0 bridgehead atoms. The highest BCUT2D eigenvalue weighted by Gasteiger charge is 2.05. The van der Waals surface area contributed by atoms with Crippen LogP contribution in [-0.4, -0.2) is 22.3 Å². The zero-order valence-electron chi connectivity index (χ0n) is 13.5. The van der Waals surface area contributed by atoms with E-state index in [1.807, 2.05) is 12.1 Å². The van der Waals surface area contributed by atoms with Crippen molar-refractivity contribution in [3.63, 3.8) is 0 Å². The Morgan fingerprint density at radius 2 is 1.85 bits per heavy atom. The molecule has 134 valence electrons. The van der Waals surface area contributed by atoms with Crippen LogP contribution in [0.2, 0.25) is 10.3 Å². The molecule has 26 heavy (non-hydrogen) atoms. The number of anilines is 3. The first-order chi connectivity index (χ1) is 12.6. The van der Waals surface area contributed by atoms with Crippen LogP contribution in [0.4, 0.5) is 17.2 Å². The molecule has 0 saturated heterocycles.